The minimum Gasteiger partial charge on any atom is -0.476 e. The molecule has 1 rings (SSSR count). The number of aromatic nitrogens is 2. The van der Waals surface area contributed by atoms with Crippen molar-refractivity contribution >= 4 is 23.5 Å². The first kappa shape index (κ1) is 12.8. The van der Waals surface area contributed by atoms with Crippen LogP contribution in [0.15, 0.2) is 12.4 Å². The predicted molar refractivity (Wildman–Crippen MR) is 65.1 cm³/mol. The summed E-state index contributed by atoms with van der Waals surface area (Å²) in [7, 11) is 0. The number of aromatic carboxylic acids is 1. The van der Waals surface area contributed by atoms with Crippen molar-refractivity contribution < 1.29 is 9.90 Å². The van der Waals surface area contributed by atoms with E-state index in [0.29, 0.717) is 5.82 Å². The third kappa shape index (κ3) is 4.48. The molecule has 6 heteroatoms. The molecule has 0 aliphatic heterocycles. The van der Waals surface area contributed by atoms with E-state index in [1.54, 1.807) is 0 Å². The van der Waals surface area contributed by atoms with Crippen LogP contribution in [0.5, 0.6) is 0 Å². The van der Waals surface area contributed by atoms with Crippen LogP contribution in [0.1, 0.15) is 23.3 Å². The highest BCUT2D eigenvalue weighted by Gasteiger charge is 2.03. The molecule has 0 aromatic carbocycles. The van der Waals surface area contributed by atoms with Crippen molar-refractivity contribution in [2.45, 2.75) is 12.8 Å². The smallest absolute Gasteiger partial charge is 0.356 e. The molecule has 0 radical (unpaired) electrons. The van der Waals surface area contributed by atoms with Crippen molar-refractivity contribution in [3.8, 4) is 0 Å². The van der Waals surface area contributed by atoms with E-state index in [4.69, 9.17) is 5.11 Å². The molecule has 0 unspecified atom stereocenters. The number of hydrogen-bond acceptors (Lipinski definition) is 5. The van der Waals surface area contributed by atoms with Gasteiger partial charge in [0.25, 0.3) is 0 Å². The summed E-state index contributed by atoms with van der Waals surface area (Å²) in [4.78, 5) is 18.2. The predicted octanol–water partition coefficient (Wildman–Crippen LogP) is 1.73. The highest BCUT2D eigenvalue weighted by molar-refractivity contribution is 7.98. The molecule has 88 valence electrons. The number of thioether (sulfide) groups is 1. The van der Waals surface area contributed by atoms with Crippen LogP contribution in [0.4, 0.5) is 5.82 Å². The third-order valence-electron chi connectivity index (χ3n) is 1.95. The van der Waals surface area contributed by atoms with Crippen LogP contribution in [0.3, 0.4) is 0 Å². The number of carboxylic acid groups (broad SMARTS) is 1. The van der Waals surface area contributed by atoms with Crippen molar-refractivity contribution in [3.63, 3.8) is 0 Å². The summed E-state index contributed by atoms with van der Waals surface area (Å²) < 4.78 is 0. The van der Waals surface area contributed by atoms with Crippen molar-refractivity contribution in [1.82, 2.24) is 9.97 Å². The van der Waals surface area contributed by atoms with Crippen molar-refractivity contribution in [2.75, 3.05) is 23.9 Å². The van der Waals surface area contributed by atoms with Gasteiger partial charge in [0.05, 0.1) is 12.4 Å². The monoisotopic (exact) mass is 241 g/mol. The van der Waals surface area contributed by atoms with Crippen LogP contribution in [-0.2, 0) is 0 Å². The van der Waals surface area contributed by atoms with Gasteiger partial charge in [0.1, 0.15) is 5.82 Å². The second-order valence-electron chi connectivity index (χ2n) is 3.22. The molecule has 0 saturated heterocycles. The van der Waals surface area contributed by atoms with Crippen LogP contribution >= 0.6 is 11.8 Å². The Morgan fingerprint density at radius 2 is 2.25 bits per heavy atom. The Morgan fingerprint density at radius 3 is 2.81 bits per heavy atom. The normalized spacial score (nSPS) is 10.1. The third-order valence-corrected chi connectivity index (χ3v) is 2.65. The van der Waals surface area contributed by atoms with E-state index in [1.807, 2.05) is 11.8 Å². The largest absolute Gasteiger partial charge is 0.476 e. The van der Waals surface area contributed by atoms with Crippen LogP contribution in [-0.4, -0.2) is 39.6 Å². The minimum absolute atomic E-state index is 0.0343. The van der Waals surface area contributed by atoms with Gasteiger partial charge in [0.2, 0.25) is 0 Å². The van der Waals surface area contributed by atoms with Crippen LogP contribution in [0.25, 0.3) is 0 Å². The molecule has 1 heterocycles. The maximum atomic E-state index is 10.5. The maximum Gasteiger partial charge on any atom is 0.356 e. The highest BCUT2D eigenvalue weighted by atomic mass is 32.2. The molecule has 0 aliphatic rings. The van der Waals surface area contributed by atoms with Crippen molar-refractivity contribution in [2.24, 2.45) is 0 Å². The molecule has 0 bridgehead atoms. The van der Waals surface area contributed by atoms with Gasteiger partial charge in [-0.3, -0.25) is 0 Å². The van der Waals surface area contributed by atoms with E-state index in [-0.39, 0.29) is 5.69 Å². The Bertz CT molecular complexity index is 329. The zero-order valence-corrected chi connectivity index (χ0v) is 9.96. The number of carboxylic acids is 1. The molecule has 1 aromatic heterocycles. The molecule has 0 aliphatic carbocycles. The lowest BCUT2D eigenvalue weighted by Crippen LogP contribution is -2.06. The maximum absolute atomic E-state index is 10.5. The van der Waals surface area contributed by atoms with Gasteiger partial charge in [-0.1, -0.05) is 0 Å². The number of nitrogens with one attached hydrogen (secondary N) is 1. The fraction of sp³-hybridized carbons (Fsp3) is 0.500. The Morgan fingerprint density at radius 1 is 1.44 bits per heavy atom. The number of rotatable bonds is 7. The van der Waals surface area contributed by atoms with Gasteiger partial charge in [-0.05, 0) is 24.9 Å². The van der Waals surface area contributed by atoms with Crippen LogP contribution < -0.4 is 5.32 Å². The lowest BCUT2D eigenvalue weighted by molar-refractivity contribution is 0.0690. The van der Waals surface area contributed by atoms with Gasteiger partial charge in [-0.25, -0.2) is 14.8 Å². The van der Waals surface area contributed by atoms with Crippen LogP contribution in [0, 0.1) is 0 Å². The summed E-state index contributed by atoms with van der Waals surface area (Å²) in [5, 5.41) is 11.7. The van der Waals surface area contributed by atoms with Gasteiger partial charge in [-0.15, -0.1) is 0 Å². The number of anilines is 1. The summed E-state index contributed by atoms with van der Waals surface area (Å²) >= 11 is 1.83. The zero-order chi connectivity index (χ0) is 11.8. The molecule has 0 atom stereocenters. The molecule has 0 amide bonds. The van der Waals surface area contributed by atoms with Crippen molar-refractivity contribution in [1.29, 1.82) is 0 Å². The number of nitrogens with zero attached hydrogens (tertiary/aromatic N) is 2. The lowest BCUT2D eigenvalue weighted by Gasteiger charge is -2.04. The quantitative estimate of drug-likeness (QED) is 0.708. The first-order valence-electron chi connectivity index (χ1n) is 5.02. The average Bonchev–Trinajstić information content (AvgIpc) is 2.29. The summed E-state index contributed by atoms with van der Waals surface area (Å²) in [5.74, 6) is 0.721. The van der Waals surface area contributed by atoms with Gasteiger partial charge in [0.15, 0.2) is 5.69 Å². The Balaban J connectivity index is 2.29. The molecule has 0 fully saturated rings. The first-order chi connectivity index (χ1) is 7.74. The lowest BCUT2D eigenvalue weighted by atomic mass is 10.3. The van der Waals surface area contributed by atoms with E-state index in [1.165, 1.54) is 12.4 Å². The van der Waals surface area contributed by atoms with E-state index in [0.717, 1.165) is 25.1 Å². The molecule has 16 heavy (non-hydrogen) atoms. The summed E-state index contributed by atoms with van der Waals surface area (Å²) in [5.41, 5.74) is -0.0343. The molecular formula is C10H15N3O2S. The molecule has 5 nitrogen and oxygen atoms in total. The molecule has 1 aromatic rings. The average molecular weight is 241 g/mol. The molecule has 0 spiro atoms. The summed E-state index contributed by atoms with van der Waals surface area (Å²) in [6.45, 7) is 0.835. The molecule has 2 N–H and O–H groups in total. The standard InChI is InChI=1S/C10H15N3O2S/c1-16-5-3-2-4-11-9-7-12-8(6-13-9)10(14)15/h6-7H,2-5H2,1H3,(H,11,13)(H,14,15). The van der Waals surface area contributed by atoms with E-state index in [9.17, 15) is 4.79 Å². The fourth-order valence-electron chi connectivity index (χ4n) is 1.12. The van der Waals surface area contributed by atoms with Gasteiger partial charge < -0.3 is 10.4 Å². The topological polar surface area (TPSA) is 75.1 Å². The Labute approximate surface area is 98.7 Å². The second-order valence-corrected chi connectivity index (χ2v) is 4.20. The summed E-state index contributed by atoms with van der Waals surface area (Å²) in [6, 6.07) is 0. The molecular weight excluding hydrogens is 226 g/mol. The number of carbonyl (C=O) groups is 1. The van der Waals surface area contributed by atoms with Gasteiger partial charge >= 0.3 is 5.97 Å². The van der Waals surface area contributed by atoms with E-state index in [2.05, 4.69) is 21.5 Å². The molecule has 0 saturated carbocycles. The highest BCUT2D eigenvalue weighted by Crippen LogP contribution is 2.03. The minimum atomic E-state index is -1.06. The van der Waals surface area contributed by atoms with Gasteiger partial charge in [0, 0.05) is 6.54 Å². The second kappa shape index (κ2) is 7.05. The van der Waals surface area contributed by atoms with Crippen LogP contribution in [0.2, 0.25) is 0 Å². The van der Waals surface area contributed by atoms with E-state index < -0.39 is 5.97 Å². The first-order valence-corrected chi connectivity index (χ1v) is 6.41. The van der Waals surface area contributed by atoms with E-state index >= 15 is 0 Å². The number of unbranched alkanes of at least 4 members (excludes halogenated alkanes) is 1. The SMILES string of the molecule is CSCCCCNc1cnc(C(=O)O)cn1. The Hall–Kier alpha value is -1.30. The number of hydrogen-bond donors (Lipinski definition) is 2. The fourth-order valence-corrected chi connectivity index (χ4v) is 1.61. The summed E-state index contributed by atoms with van der Waals surface area (Å²) in [6.07, 6.45) is 7.02. The Kier molecular flexibility index (Phi) is 5.63. The zero-order valence-electron chi connectivity index (χ0n) is 9.14. The van der Waals surface area contributed by atoms with Crippen molar-refractivity contribution in [3.05, 3.63) is 18.1 Å². The van der Waals surface area contributed by atoms with Gasteiger partial charge in [-0.2, -0.15) is 11.8 Å².